The van der Waals surface area contributed by atoms with Gasteiger partial charge in [-0.1, -0.05) is 92.7 Å². The van der Waals surface area contributed by atoms with Crippen molar-refractivity contribution in [2.45, 2.75) is 25.4 Å². The van der Waals surface area contributed by atoms with Gasteiger partial charge in [0.1, 0.15) is 11.7 Å². The van der Waals surface area contributed by atoms with Crippen molar-refractivity contribution in [2.24, 2.45) is 9.98 Å². The highest BCUT2D eigenvalue weighted by Gasteiger charge is 2.35. The summed E-state index contributed by atoms with van der Waals surface area (Å²) in [5.74, 6) is 1.69. The Morgan fingerprint density at radius 3 is 1.81 bits per heavy atom. The molecule has 1 aliphatic heterocycles. The first-order valence-corrected chi connectivity index (χ1v) is 17.6. The first-order chi connectivity index (χ1) is 23.0. The van der Waals surface area contributed by atoms with Crippen molar-refractivity contribution in [3.63, 3.8) is 0 Å². The van der Waals surface area contributed by atoms with Gasteiger partial charge in [-0.25, -0.2) is 9.98 Å². The summed E-state index contributed by atoms with van der Waals surface area (Å²) >= 11 is 3.68. The maximum absolute atomic E-state index is 5.32. The number of fused-ring (bicyclic) bond motifs is 9. The summed E-state index contributed by atoms with van der Waals surface area (Å²) in [6.07, 6.45) is -0.377. The van der Waals surface area contributed by atoms with Crippen molar-refractivity contribution < 1.29 is 0 Å². The van der Waals surface area contributed by atoms with Gasteiger partial charge >= 0.3 is 0 Å². The summed E-state index contributed by atoms with van der Waals surface area (Å²) < 4.78 is 5.17. The van der Waals surface area contributed by atoms with Gasteiger partial charge in [-0.3, -0.25) is 0 Å². The molecule has 10 rings (SSSR count). The molecule has 0 amide bonds. The molecule has 1 atom stereocenters. The third-order valence-electron chi connectivity index (χ3n) is 9.95. The van der Waals surface area contributed by atoms with E-state index in [0.29, 0.717) is 0 Å². The second-order valence-electron chi connectivity index (χ2n) is 13.0. The fourth-order valence-corrected chi connectivity index (χ4v) is 9.69. The number of amidine groups is 2. The van der Waals surface area contributed by atoms with E-state index in [1.165, 1.54) is 62.6 Å². The first-order valence-electron chi connectivity index (χ1n) is 16.0. The fraction of sp³-hybridized carbons (Fsp3) is 0.0952. The van der Waals surface area contributed by atoms with Gasteiger partial charge in [0.05, 0.1) is 0 Å². The monoisotopic (exact) mass is 639 g/mol. The summed E-state index contributed by atoms with van der Waals surface area (Å²) in [5.41, 5.74) is 8.47. The molecule has 6 aromatic carbocycles. The van der Waals surface area contributed by atoms with Crippen LogP contribution in [0.2, 0.25) is 0 Å². The smallest absolute Gasteiger partial charge is 0.169 e. The highest BCUT2D eigenvalue weighted by Crippen LogP contribution is 2.49. The van der Waals surface area contributed by atoms with Gasteiger partial charge in [-0.15, -0.1) is 22.7 Å². The average molecular weight is 640 g/mol. The van der Waals surface area contributed by atoms with Crippen molar-refractivity contribution in [3.05, 3.63) is 155 Å². The quantitative estimate of drug-likeness (QED) is 0.205. The Morgan fingerprint density at radius 2 is 1.06 bits per heavy atom. The lowest BCUT2D eigenvalue weighted by atomic mass is 9.82. The minimum atomic E-state index is -0.377. The Kier molecular flexibility index (Phi) is 5.73. The van der Waals surface area contributed by atoms with E-state index in [1.54, 1.807) is 0 Å². The lowest BCUT2D eigenvalue weighted by Gasteiger charge is -2.25. The lowest BCUT2D eigenvalue weighted by molar-refractivity contribution is 0.660. The highest BCUT2D eigenvalue weighted by atomic mass is 32.1. The molecule has 1 N–H and O–H groups in total. The Bertz CT molecular complexity index is 2650. The van der Waals surface area contributed by atoms with E-state index in [4.69, 9.17) is 9.98 Å². The van der Waals surface area contributed by atoms with E-state index in [2.05, 4.69) is 147 Å². The predicted molar refractivity (Wildman–Crippen MR) is 202 cm³/mol. The Morgan fingerprint density at radius 1 is 0.511 bits per heavy atom. The van der Waals surface area contributed by atoms with E-state index in [-0.39, 0.29) is 11.6 Å². The van der Waals surface area contributed by atoms with Crippen LogP contribution in [-0.4, -0.2) is 11.7 Å². The Hall–Kier alpha value is -5.10. The summed E-state index contributed by atoms with van der Waals surface area (Å²) in [6.45, 7) is 4.65. The Labute approximate surface area is 280 Å². The van der Waals surface area contributed by atoms with E-state index in [0.717, 1.165) is 28.4 Å². The van der Waals surface area contributed by atoms with Crippen LogP contribution in [0.3, 0.4) is 0 Å². The Balaban J connectivity index is 1.14. The van der Waals surface area contributed by atoms with Crippen molar-refractivity contribution >= 4 is 74.7 Å². The summed E-state index contributed by atoms with van der Waals surface area (Å²) in [5, 5.41) is 8.79. The standard InChI is InChI=1S/C42H29N3S2/c1-42(2)33-12-6-3-9-27(33)28-18-15-26(23-34(28)42)41-44-39(24-16-19-37-31(21-24)29-10-4-7-13-35(29)46-37)43-40(45-41)25-17-20-38-32(22-25)30-11-5-8-14-36(30)47-38/h3-23,39H,1-2H3,(H,43,44,45). The normalized spacial score (nSPS) is 16.7. The van der Waals surface area contributed by atoms with Crippen LogP contribution in [0.5, 0.6) is 0 Å². The second-order valence-corrected chi connectivity index (χ2v) is 15.2. The van der Waals surface area contributed by atoms with Crippen LogP contribution < -0.4 is 5.32 Å². The van der Waals surface area contributed by atoms with Crippen molar-refractivity contribution in [1.82, 2.24) is 5.32 Å². The van der Waals surface area contributed by atoms with E-state index < -0.39 is 0 Å². The van der Waals surface area contributed by atoms with Crippen LogP contribution in [0.25, 0.3) is 51.5 Å². The molecule has 0 bridgehead atoms. The molecule has 0 saturated carbocycles. The first kappa shape index (κ1) is 27.1. The number of nitrogens with one attached hydrogen (secondary N) is 1. The molecule has 2 aromatic heterocycles. The number of thiophene rings is 2. The third-order valence-corrected chi connectivity index (χ3v) is 12.2. The molecular weight excluding hydrogens is 611 g/mol. The molecule has 8 aromatic rings. The van der Waals surface area contributed by atoms with Crippen LogP contribution in [0.1, 0.15) is 47.8 Å². The summed E-state index contributed by atoms with van der Waals surface area (Å²) in [6, 6.07) is 46.4. The van der Waals surface area contributed by atoms with Gasteiger partial charge in [-0.05, 0) is 76.3 Å². The van der Waals surface area contributed by atoms with Crippen LogP contribution >= 0.6 is 22.7 Å². The largest absolute Gasteiger partial charge is 0.324 e. The number of hydrogen-bond donors (Lipinski definition) is 1. The van der Waals surface area contributed by atoms with E-state index in [1.807, 2.05) is 22.7 Å². The minimum Gasteiger partial charge on any atom is -0.324 e. The molecule has 5 heteroatoms. The molecule has 3 nitrogen and oxygen atoms in total. The number of benzene rings is 6. The molecule has 0 saturated heterocycles. The maximum Gasteiger partial charge on any atom is 0.169 e. The zero-order chi connectivity index (χ0) is 31.3. The second kappa shape index (κ2) is 9.95. The molecule has 1 aliphatic carbocycles. The SMILES string of the molecule is CC1(C)c2ccccc2-c2ccc(C3=NC(c4ccc5sc6ccccc6c5c4)N=C(c4ccc5sc6ccccc6c5c4)N3)cc21. The molecule has 224 valence electrons. The molecule has 3 heterocycles. The summed E-state index contributed by atoms with van der Waals surface area (Å²) in [7, 11) is 0. The third kappa shape index (κ3) is 4.10. The number of hydrogen-bond acceptors (Lipinski definition) is 5. The van der Waals surface area contributed by atoms with Gasteiger partial charge in [-0.2, -0.15) is 0 Å². The molecule has 2 aliphatic rings. The van der Waals surface area contributed by atoms with Gasteiger partial charge in [0.2, 0.25) is 0 Å². The van der Waals surface area contributed by atoms with Gasteiger partial charge in [0.15, 0.2) is 6.17 Å². The highest BCUT2D eigenvalue weighted by molar-refractivity contribution is 7.26. The molecule has 47 heavy (non-hydrogen) atoms. The predicted octanol–water partition coefficient (Wildman–Crippen LogP) is 11.2. The van der Waals surface area contributed by atoms with Gasteiger partial charge in [0.25, 0.3) is 0 Å². The van der Waals surface area contributed by atoms with Crippen molar-refractivity contribution in [3.8, 4) is 11.1 Å². The zero-order valence-electron chi connectivity index (χ0n) is 25.9. The molecule has 1 unspecified atom stereocenters. The van der Waals surface area contributed by atoms with Crippen LogP contribution in [0, 0.1) is 0 Å². The van der Waals surface area contributed by atoms with Crippen molar-refractivity contribution in [2.75, 3.05) is 0 Å². The van der Waals surface area contributed by atoms with Gasteiger partial charge < -0.3 is 5.32 Å². The molecule has 0 fully saturated rings. The zero-order valence-corrected chi connectivity index (χ0v) is 27.5. The lowest BCUT2D eigenvalue weighted by Crippen LogP contribution is -2.36. The fourth-order valence-electron chi connectivity index (χ4n) is 7.52. The van der Waals surface area contributed by atoms with Crippen molar-refractivity contribution in [1.29, 1.82) is 0 Å². The molecular formula is C42H29N3S2. The number of aliphatic imine (C=N–C) groups is 2. The summed E-state index contributed by atoms with van der Waals surface area (Å²) in [4.78, 5) is 10.6. The van der Waals surface area contributed by atoms with Gasteiger partial charge in [0, 0.05) is 56.9 Å². The molecule has 0 radical (unpaired) electrons. The van der Waals surface area contributed by atoms with E-state index >= 15 is 0 Å². The van der Waals surface area contributed by atoms with E-state index in [9.17, 15) is 0 Å². The number of nitrogens with zero attached hydrogens (tertiary/aromatic N) is 2. The van der Waals surface area contributed by atoms with Crippen LogP contribution in [0.4, 0.5) is 0 Å². The maximum atomic E-state index is 5.32. The topological polar surface area (TPSA) is 36.8 Å². The average Bonchev–Trinajstić information content (AvgIpc) is 3.75. The van der Waals surface area contributed by atoms with Crippen LogP contribution in [-0.2, 0) is 5.41 Å². The molecule has 0 spiro atoms. The van der Waals surface area contributed by atoms with Crippen LogP contribution in [0.15, 0.2) is 137 Å². The minimum absolute atomic E-state index is 0.0937. The number of rotatable bonds is 3.